The van der Waals surface area contributed by atoms with E-state index in [9.17, 15) is 9.59 Å². The number of rotatable bonds is 3. The van der Waals surface area contributed by atoms with Crippen LogP contribution < -0.4 is 5.43 Å². The molecule has 0 aliphatic rings. The van der Waals surface area contributed by atoms with Crippen LogP contribution in [0.15, 0.2) is 41.2 Å². The average molecular weight is 270 g/mol. The standard InChI is InChI=1S/C15H14N2O3/c1-10-3-5-12(6-4-10)17-11(2)9-14(18)13(16-17)7-8-15(19)20/h3-9H,1-2H3,(H,19,20)/b8-7+. The molecule has 0 bridgehead atoms. The first-order chi connectivity index (χ1) is 9.47. The highest BCUT2D eigenvalue weighted by molar-refractivity contribution is 5.84. The number of hydrogen-bond acceptors (Lipinski definition) is 3. The maximum absolute atomic E-state index is 11.8. The van der Waals surface area contributed by atoms with Crippen molar-refractivity contribution in [3.8, 4) is 5.69 Å². The van der Waals surface area contributed by atoms with Crippen molar-refractivity contribution < 1.29 is 9.90 Å². The summed E-state index contributed by atoms with van der Waals surface area (Å²) < 4.78 is 1.61. The van der Waals surface area contributed by atoms with E-state index in [4.69, 9.17) is 5.11 Å². The topological polar surface area (TPSA) is 72.2 Å². The SMILES string of the molecule is Cc1ccc(-n2nc(/C=C/C(=O)O)c(=O)cc2C)cc1. The molecule has 2 rings (SSSR count). The van der Waals surface area contributed by atoms with Gasteiger partial charge in [0.1, 0.15) is 5.69 Å². The molecular weight excluding hydrogens is 256 g/mol. The van der Waals surface area contributed by atoms with Crippen LogP contribution in [0.2, 0.25) is 0 Å². The Labute approximate surface area is 115 Å². The van der Waals surface area contributed by atoms with Gasteiger partial charge in [0, 0.05) is 17.8 Å². The molecule has 0 saturated heterocycles. The Bertz CT molecular complexity index is 728. The van der Waals surface area contributed by atoms with Gasteiger partial charge in [-0.15, -0.1) is 0 Å². The van der Waals surface area contributed by atoms with Crippen LogP contribution in [-0.4, -0.2) is 20.9 Å². The molecule has 0 unspecified atom stereocenters. The lowest BCUT2D eigenvalue weighted by Crippen LogP contribution is -2.16. The van der Waals surface area contributed by atoms with Crippen LogP contribution in [0, 0.1) is 13.8 Å². The number of carbonyl (C=O) groups is 1. The van der Waals surface area contributed by atoms with Gasteiger partial charge < -0.3 is 5.11 Å². The lowest BCUT2D eigenvalue weighted by Gasteiger charge is -2.10. The lowest BCUT2D eigenvalue weighted by atomic mass is 10.2. The molecule has 0 aliphatic carbocycles. The van der Waals surface area contributed by atoms with Crippen molar-refractivity contribution in [3.05, 3.63) is 63.6 Å². The smallest absolute Gasteiger partial charge is 0.328 e. The van der Waals surface area contributed by atoms with Crippen LogP contribution in [0.3, 0.4) is 0 Å². The summed E-state index contributed by atoms with van der Waals surface area (Å²) in [5.41, 5.74) is 2.42. The molecule has 102 valence electrons. The van der Waals surface area contributed by atoms with E-state index in [2.05, 4.69) is 5.10 Å². The van der Waals surface area contributed by atoms with Crippen molar-refractivity contribution in [2.24, 2.45) is 0 Å². The predicted octanol–water partition coefficient (Wildman–Crippen LogP) is 1.95. The number of benzene rings is 1. The molecule has 0 spiro atoms. The normalized spacial score (nSPS) is 10.9. The van der Waals surface area contributed by atoms with Gasteiger partial charge in [0.2, 0.25) is 5.43 Å². The summed E-state index contributed by atoms with van der Waals surface area (Å²) in [7, 11) is 0. The van der Waals surface area contributed by atoms with E-state index >= 15 is 0 Å². The minimum Gasteiger partial charge on any atom is -0.478 e. The number of nitrogens with zero attached hydrogens (tertiary/aromatic N) is 2. The predicted molar refractivity (Wildman–Crippen MR) is 76.0 cm³/mol. The number of hydrogen-bond donors (Lipinski definition) is 1. The summed E-state index contributed by atoms with van der Waals surface area (Å²) in [5, 5.41) is 12.8. The quantitative estimate of drug-likeness (QED) is 0.865. The maximum Gasteiger partial charge on any atom is 0.328 e. The van der Waals surface area contributed by atoms with Gasteiger partial charge >= 0.3 is 5.97 Å². The van der Waals surface area contributed by atoms with E-state index in [1.54, 1.807) is 11.6 Å². The molecule has 0 fully saturated rings. The fourth-order valence-corrected chi connectivity index (χ4v) is 1.77. The van der Waals surface area contributed by atoms with E-state index in [1.807, 2.05) is 31.2 Å². The van der Waals surface area contributed by atoms with Crippen LogP contribution in [0.25, 0.3) is 11.8 Å². The molecule has 5 nitrogen and oxygen atoms in total. The molecule has 1 heterocycles. The van der Waals surface area contributed by atoms with Crippen LogP contribution in [0.4, 0.5) is 0 Å². The summed E-state index contributed by atoms with van der Waals surface area (Å²) in [6, 6.07) is 9.12. The van der Waals surface area contributed by atoms with Crippen molar-refractivity contribution in [1.82, 2.24) is 9.78 Å². The minimum absolute atomic E-state index is 0.0959. The summed E-state index contributed by atoms with van der Waals surface area (Å²) in [5.74, 6) is -1.12. The van der Waals surface area contributed by atoms with Crippen LogP contribution >= 0.6 is 0 Å². The van der Waals surface area contributed by atoms with Gasteiger partial charge in [-0.25, -0.2) is 9.48 Å². The largest absolute Gasteiger partial charge is 0.478 e. The molecule has 5 heteroatoms. The minimum atomic E-state index is -1.12. The second kappa shape index (κ2) is 5.52. The van der Waals surface area contributed by atoms with E-state index in [0.717, 1.165) is 17.3 Å². The fourth-order valence-electron chi connectivity index (χ4n) is 1.77. The highest BCUT2D eigenvalue weighted by Crippen LogP contribution is 2.10. The second-order valence-corrected chi connectivity index (χ2v) is 4.45. The maximum atomic E-state index is 11.8. The first-order valence-electron chi connectivity index (χ1n) is 6.06. The second-order valence-electron chi connectivity index (χ2n) is 4.45. The average Bonchev–Trinajstić information content (AvgIpc) is 2.39. The summed E-state index contributed by atoms with van der Waals surface area (Å²) in [6.07, 6.45) is 2.10. The van der Waals surface area contributed by atoms with E-state index in [1.165, 1.54) is 12.1 Å². The third kappa shape index (κ3) is 3.00. The summed E-state index contributed by atoms with van der Waals surface area (Å²) in [6.45, 7) is 3.76. The molecule has 1 N–H and O–H groups in total. The molecule has 2 aromatic rings. The first kappa shape index (κ1) is 13.7. The monoisotopic (exact) mass is 270 g/mol. The fraction of sp³-hybridized carbons (Fsp3) is 0.133. The van der Waals surface area contributed by atoms with Crippen LogP contribution in [0.5, 0.6) is 0 Å². The van der Waals surface area contributed by atoms with Gasteiger partial charge in [-0.3, -0.25) is 4.79 Å². The van der Waals surface area contributed by atoms with Crippen molar-refractivity contribution in [2.45, 2.75) is 13.8 Å². The molecule has 0 amide bonds. The highest BCUT2D eigenvalue weighted by atomic mass is 16.4. The summed E-state index contributed by atoms with van der Waals surface area (Å²) >= 11 is 0. The molecule has 0 aliphatic heterocycles. The molecule has 0 radical (unpaired) electrons. The lowest BCUT2D eigenvalue weighted by molar-refractivity contribution is -0.131. The van der Waals surface area contributed by atoms with E-state index < -0.39 is 5.97 Å². The number of aliphatic carboxylic acids is 1. The van der Waals surface area contributed by atoms with Gasteiger partial charge in [-0.05, 0) is 32.1 Å². The molecular formula is C15H14N2O3. The molecule has 0 saturated carbocycles. The zero-order valence-corrected chi connectivity index (χ0v) is 11.2. The van der Waals surface area contributed by atoms with Gasteiger partial charge in [0.15, 0.2) is 0 Å². The summed E-state index contributed by atoms with van der Waals surface area (Å²) in [4.78, 5) is 22.3. The molecule has 1 aromatic heterocycles. The van der Waals surface area contributed by atoms with Gasteiger partial charge in [-0.2, -0.15) is 5.10 Å². The van der Waals surface area contributed by atoms with Crippen molar-refractivity contribution >= 4 is 12.0 Å². The first-order valence-corrected chi connectivity index (χ1v) is 6.06. The van der Waals surface area contributed by atoms with Crippen molar-refractivity contribution in [1.29, 1.82) is 0 Å². The van der Waals surface area contributed by atoms with Crippen LogP contribution in [0.1, 0.15) is 17.0 Å². The number of aryl methyl sites for hydroxylation is 2. The highest BCUT2D eigenvalue weighted by Gasteiger charge is 2.05. The third-order valence-corrected chi connectivity index (χ3v) is 2.80. The Hall–Kier alpha value is -2.69. The molecule has 20 heavy (non-hydrogen) atoms. The Morgan fingerprint density at radius 3 is 2.50 bits per heavy atom. The third-order valence-electron chi connectivity index (χ3n) is 2.80. The van der Waals surface area contributed by atoms with Gasteiger partial charge in [0.25, 0.3) is 0 Å². The Kier molecular flexibility index (Phi) is 3.79. The molecule has 1 aromatic carbocycles. The number of aromatic nitrogens is 2. The van der Waals surface area contributed by atoms with Crippen molar-refractivity contribution in [3.63, 3.8) is 0 Å². The van der Waals surface area contributed by atoms with E-state index in [-0.39, 0.29) is 11.1 Å². The number of carboxylic acids is 1. The Morgan fingerprint density at radius 2 is 1.90 bits per heavy atom. The van der Waals surface area contributed by atoms with E-state index in [0.29, 0.717) is 5.69 Å². The Balaban J connectivity index is 2.54. The zero-order valence-electron chi connectivity index (χ0n) is 11.2. The number of carboxylic acid groups (broad SMARTS) is 1. The van der Waals surface area contributed by atoms with Gasteiger partial charge in [0.05, 0.1) is 5.69 Å². The Morgan fingerprint density at radius 1 is 1.25 bits per heavy atom. The molecule has 0 atom stereocenters. The van der Waals surface area contributed by atoms with Gasteiger partial charge in [-0.1, -0.05) is 17.7 Å². The van der Waals surface area contributed by atoms with Crippen molar-refractivity contribution in [2.75, 3.05) is 0 Å². The zero-order chi connectivity index (χ0) is 14.7. The van der Waals surface area contributed by atoms with Crippen LogP contribution in [-0.2, 0) is 4.79 Å².